The van der Waals surface area contributed by atoms with Crippen molar-refractivity contribution in [3.8, 4) is 5.75 Å². The first-order valence-electron chi connectivity index (χ1n) is 8.15. The Hall–Kier alpha value is -3.02. The van der Waals surface area contributed by atoms with Crippen molar-refractivity contribution < 1.29 is 14.3 Å². The van der Waals surface area contributed by atoms with Gasteiger partial charge >= 0.3 is 0 Å². The third kappa shape index (κ3) is 3.91. The number of aryl methyl sites for hydroxylation is 1. The maximum Gasteiger partial charge on any atom is 0.262 e. The van der Waals surface area contributed by atoms with Crippen molar-refractivity contribution in [2.45, 2.75) is 13.0 Å². The zero-order valence-corrected chi connectivity index (χ0v) is 14.3. The molecule has 0 saturated carbocycles. The van der Waals surface area contributed by atoms with Gasteiger partial charge in [0.15, 0.2) is 6.10 Å². The van der Waals surface area contributed by atoms with Gasteiger partial charge in [-0.1, -0.05) is 29.8 Å². The van der Waals surface area contributed by atoms with Crippen LogP contribution in [0.25, 0.3) is 0 Å². The smallest absolute Gasteiger partial charge is 0.262 e. The van der Waals surface area contributed by atoms with Gasteiger partial charge in [-0.3, -0.25) is 9.59 Å². The van der Waals surface area contributed by atoms with E-state index in [4.69, 9.17) is 4.74 Å². The molecule has 25 heavy (non-hydrogen) atoms. The first kappa shape index (κ1) is 16.8. The number of nitrogens with one attached hydrogen (secondary N) is 2. The van der Waals surface area contributed by atoms with Crippen molar-refractivity contribution in [2.24, 2.45) is 0 Å². The number of amides is 2. The summed E-state index contributed by atoms with van der Waals surface area (Å²) in [6.45, 7) is 2.45. The fraction of sp³-hybridized carbons (Fsp3) is 0.263. The van der Waals surface area contributed by atoms with Crippen molar-refractivity contribution >= 4 is 23.2 Å². The molecule has 6 nitrogen and oxygen atoms in total. The lowest BCUT2D eigenvalue weighted by Crippen LogP contribution is -2.50. The molecule has 1 aliphatic heterocycles. The minimum absolute atomic E-state index is 0.141. The van der Waals surface area contributed by atoms with Gasteiger partial charge in [0, 0.05) is 12.7 Å². The highest BCUT2D eigenvalue weighted by atomic mass is 16.5. The number of hydrogen-bond acceptors (Lipinski definition) is 4. The Kier molecular flexibility index (Phi) is 4.88. The van der Waals surface area contributed by atoms with Crippen molar-refractivity contribution in [1.29, 1.82) is 0 Å². The van der Waals surface area contributed by atoms with Gasteiger partial charge in [0.2, 0.25) is 5.91 Å². The van der Waals surface area contributed by atoms with Crippen LogP contribution in [0.3, 0.4) is 0 Å². The number of benzene rings is 2. The third-order valence-electron chi connectivity index (χ3n) is 4.07. The second-order valence-electron chi connectivity index (χ2n) is 5.98. The summed E-state index contributed by atoms with van der Waals surface area (Å²) in [7, 11) is 1.57. The molecule has 0 aliphatic carbocycles. The van der Waals surface area contributed by atoms with Crippen LogP contribution in [0.5, 0.6) is 5.75 Å². The number of likely N-dealkylation sites (N-methyl/N-ethyl adjacent to an activating group) is 1. The Morgan fingerprint density at radius 1 is 1.16 bits per heavy atom. The number of hydrogen-bond donors (Lipinski definition) is 2. The van der Waals surface area contributed by atoms with Gasteiger partial charge < -0.3 is 20.3 Å². The molecule has 6 heteroatoms. The van der Waals surface area contributed by atoms with E-state index in [1.54, 1.807) is 13.1 Å². The van der Waals surface area contributed by atoms with Crippen molar-refractivity contribution in [3.05, 3.63) is 54.1 Å². The minimum Gasteiger partial charge on any atom is -0.477 e. The molecular formula is C19H21N3O3. The summed E-state index contributed by atoms with van der Waals surface area (Å²) in [5, 5.41) is 5.48. The van der Waals surface area contributed by atoms with Crippen molar-refractivity contribution in [2.75, 3.05) is 30.4 Å². The van der Waals surface area contributed by atoms with Crippen LogP contribution in [0.4, 0.5) is 11.4 Å². The number of ether oxygens (including phenoxy) is 1. The zero-order valence-electron chi connectivity index (χ0n) is 14.3. The Morgan fingerprint density at radius 3 is 2.60 bits per heavy atom. The summed E-state index contributed by atoms with van der Waals surface area (Å²) < 4.78 is 5.74. The number of nitrogens with zero attached hydrogens (tertiary/aromatic N) is 1. The molecule has 1 heterocycles. The van der Waals surface area contributed by atoms with Gasteiger partial charge in [-0.05, 0) is 31.2 Å². The topological polar surface area (TPSA) is 70.7 Å². The quantitative estimate of drug-likeness (QED) is 0.893. The van der Waals surface area contributed by atoms with E-state index in [1.165, 1.54) is 0 Å². The van der Waals surface area contributed by atoms with Crippen LogP contribution in [-0.2, 0) is 9.59 Å². The number of carbonyl (C=O) groups excluding carboxylic acids is 2. The molecule has 0 saturated heterocycles. The summed E-state index contributed by atoms with van der Waals surface area (Å²) in [5.41, 5.74) is 2.69. The summed E-state index contributed by atoms with van der Waals surface area (Å²) in [6.07, 6.45) is -0.646. The fourth-order valence-electron chi connectivity index (χ4n) is 2.77. The molecular weight excluding hydrogens is 318 g/mol. The Balaban J connectivity index is 1.74. The molecule has 0 aromatic heterocycles. The molecule has 2 N–H and O–H groups in total. The van der Waals surface area contributed by atoms with Crippen LogP contribution >= 0.6 is 0 Å². The fourth-order valence-corrected chi connectivity index (χ4v) is 2.77. The van der Waals surface area contributed by atoms with Gasteiger partial charge in [0.05, 0.1) is 18.8 Å². The minimum atomic E-state index is -0.646. The standard InChI is InChI=1S/C19H21N3O3/c1-13-7-9-14(10-8-13)21-18(23)12-22-11-17(19(24)20-2)25-16-6-4-3-5-15(16)22/h3-10,17H,11-12H2,1-2H3,(H,20,24)(H,21,23). The van der Waals surface area contributed by atoms with Crippen LogP contribution in [0, 0.1) is 6.92 Å². The Bertz CT molecular complexity index is 774. The molecule has 0 radical (unpaired) electrons. The van der Waals surface area contributed by atoms with E-state index in [2.05, 4.69) is 10.6 Å². The molecule has 1 atom stereocenters. The number of para-hydroxylation sites is 2. The highest BCUT2D eigenvalue weighted by Gasteiger charge is 2.30. The highest BCUT2D eigenvalue weighted by Crippen LogP contribution is 2.32. The second kappa shape index (κ2) is 7.25. The van der Waals surface area contributed by atoms with Crippen LogP contribution in [0.15, 0.2) is 48.5 Å². The lowest BCUT2D eigenvalue weighted by Gasteiger charge is -2.34. The molecule has 2 aromatic carbocycles. The number of rotatable bonds is 4. The van der Waals surface area contributed by atoms with E-state index in [0.717, 1.165) is 16.9 Å². The summed E-state index contributed by atoms with van der Waals surface area (Å²) >= 11 is 0. The maximum atomic E-state index is 12.4. The van der Waals surface area contributed by atoms with Gasteiger partial charge in [-0.15, -0.1) is 0 Å². The van der Waals surface area contributed by atoms with E-state index in [1.807, 2.05) is 54.3 Å². The van der Waals surface area contributed by atoms with Crippen molar-refractivity contribution in [1.82, 2.24) is 5.32 Å². The highest BCUT2D eigenvalue weighted by molar-refractivity contribution is 5.95. The summed E-state index contributed by atoms with van der Waals surface area (Å²) in [4.78, 5) is 26.3. The summed E-state index contributed by atoms with van der Waals surface area (Å²) in [6, 6.07) is 15.0. The van der Waals surface area contributed by atoms with Crippen LogP contribution in [0.2, 0.25) is 0 Å². The number of carbonyl (C=O) groups is 2. The molecule has 1 unspecified atom stereocenters. The lowest BCUT2D eigenvalue weighted by molar-refractivity contribution is -0.127. The monoisotopic (exact) mass is 339 g/mol. The molecule has 0 fully saturated rings. The molecule has 3 rings (SSSR count). The van der Waals surface area contributed by atoms with E-state index in [-0.39, 0.29) is 18.4 Å². The zero-order chi connectivity index (χ0) is 17.8. The van der Waals surface area contributed by atoms with Gasteiger partial charge in [-0.25, -0.2) is 0 Å². The van der Waals surface area contributed by atoms with E-state index in [9.17, 15) is 9.59 Å². The molecule has 2 amide bonds. The second-order valence-corrected chi connectivity index (χ2v) is 5.98. The van der Waals surface area contributed by atoms with Crippen molar-refractivity contribution in [3.63, 3.8) is 0 Å². The normalized spacial score (nSPS) is 15.8. The molecule has 130 valence electrons. The average molecular weight is 339 g/mol. The Morgan fingerprint density at radius 2 is 1.88 bits per heavy atom. The van der Waals surface area contributed by atoms with Crippen LogP contribution in [-0.4, -0.2) is 38.1 Å². The van der Waals surface area contributed by atoms with Gasteiger partial charge in [-0.2, -0.15) is 0 Å². The maximum absolute atomic E-state index is 12.4. The first-order valence-corrected chi connectivity index (χ1v) is 8.15. The van der Waals surface area contributed by atoms with E-state index >= 15 is 0 Å². The number of fused-ring (bicyclic) bond motifs is 1. The average Bonchev–Trinajstić information content (AvgIpc) is 2.62. The molecule has 0 bridgehead atoms. The van der Waals surface area contributed by atoms with E-state index in [0.29, 0.717) is 12.3 Å². The van der Waals surface area contributed by atoms with Gasteiger partial charge in [0.25, 0.3) is 5.91 Å². The predicted octanol–water partition coefficient (Wildman–Crippen LogP) is 1.95. The van der Waals surface area contributed by atoms with Gasteiger partial charge in [0.1, 0.15) is 5.75 Å². The summed E-state index contributed by atoms with van der Waals surface area (Å²) in [5.74, 6) is 0.250. The third-order valence-corrected chi connectivity index (χ3v) is 4.07. The van der Waals surface area contributed by atoms with E-state index < -0.39 is 6.10 Å². The molecule has 0 spiro atoms. The SMILES string of the molecule is CNC(=O)C1CN(CC(=O)Nc2ccc(C)cc2)c2ccccc2O1. The largest absolute Gasteiger partial charge is 0.477 e. The molecule has 2 aromatic rings. The Labute approximate surface area is 146 Å². The molecule has 1 aliphatic rings. The van der Waals surface area contributed by atoms with Crippen LogP contribution < -0.4 is 20.3 Å². The lowest BCUT2D eigenvalue weighted by atomic mass is 10.1. The van der Waals surface area contributed by atoms with Crippen LogP contribution in [0.1, 0.15) is 5.56 Å². The number of anilines is 2. The predicted molar refractivity (Wildman–Crippen MR) is 96.9 cm³/mol. The first-order chi connectivity index (χ1) is 12.1.